The average Bonchev–Trinajstić information content (AvgIpc) is 2.14. The van der Waals surface area contributed by atoms with Crippen molar-refractivity contribution in [1.29, 1.82) is 0 Å². The van der Waals surface area contributed by atoms with E-state index < -0.39 is 13.5 Å². The molecule has 0 aliphatic carbocycles. The van der Waals surface area contributed by atoms with Gasteiger partial charge in [0, 0.05) is 0 Å². The summed E-state index contributed by atoms with van der Waals surface area (Å²) < 4.78 is 0. The molecule has 0 heterocycles. The Morgan fingerprint density at radius 3 is 1.87 bits per heavy atom. The molecular weight excluding hydrogens is 215 g/mol. The van der Waals surface area contributed by atoms with Crippen molar-refractivity contribution in [2.75, 3.05) is 0 Å². The Labute approximate surface area is 91.9 Å². The highest BCUT2D eigenvalue weighted by Gasteiger charge is 2.41. The molecule has 0 aliphatic rings. The van der Waals surface area contributed by atoms with Gasteiger partial charge in [-0.2, -0.15) is 14.7 Å². The van der Waals surface area contributed by atoms with Crippen molar-refractivity contribution in [3.05, 3.63) is 0 Å². The topological polar surface area (TPSA) is 77.8 Å². The van der Waals surface area contributed by atoms with E-state index in [9.17, 15) is 4.79 Å². The zero-order valence-corrected chi connectivity index (χ0v) is 10.2. The van der Waals surface area contributed by atoms with E-state index >= 15 is 0 Å². The fourth-order valence-corrected chi connectivity index (χ4v) is 1.84. The second-order valence-corrected chi connectivity index (χ2v) is 5.47. The maximum Gasteiger partial charge on any atom is 0.478 e. The van der Waals surface area contributed by atoms with Gasteiger partial charge in [0.25, 0.3) is 0 Å². The fraction of sp³-hybridized carbons (Fsp3) is 0.900. The molecule has 0 saturated carbocycles. The Morgan fingerprint density at radius 2 is 1.40 bits per heavy atom. The Hall–Kier alpha value is -0.0200. The van der Waals surface area contributed by atoms with Gasteiger partial charge in [-0.1, -0.05) is 45.4 Å². The molecule has 3 N–H and O–H groups in total. The van der Waals surface area contributed by atoms with Gasteiger partial charge in [0.2, 0.25) is 0 Å². The molecule has 0 bridgehead atoms. The van der Waals surface area contributed by atoms with E-state index in [1.807, 2.05) is 0 Å². The lowest BCUT2D eigenvalue weighted by molar-refractivity contribution is -0.114. The third kappa shape index (κ3) is 8.94. The number of carbonyl (C=O) groups is 1. The molecule has 4 nitrogen and oxygen atoms in total. The van der Waals surface area contributed by atoms with Crippen LogP contribution in [0.25, 0.3) is 0 Å². The Morgan fingerprint density at radius 1 is 0.933 bits per heavy atom. The summed E-state index contributed by atoms with van der Waals surface area (Å²) in [5.41, 5.74) is -0.809. The molecule has 0 atom stereocenters. The van der Waals surface area contributed by atoms with Gasteiger partial charge in [-0.15, -0.1) is 0 Å². The van der Waals surface area contributed by atoms with Crippen LogP contribution in [0.2, 0.25) is 0 Å². The van der Waals surface area contributed by atoms with Gasteiger partial charge in [-0.05, 0) is 6.42 Å². The van der Waals surface area contributed by atoms with Gasteiger partial charge in [-0.3, -0.25) is 0 Å². The molecular formula is C10H22O4P+. The summed E-state index contributed by atoms with van der Waals surface area (Å²) in [7, 11) is -4.21. The smallest absolute Gasteiger partial charge is 0.244 e. The molecule has 0 amide bonds. The first-order valence-electron chi connectivity index (χ1n) is 5.59. The summed E-state index contributed by atoms with van der Waals surface area (Å²) in [6, 6.07) is 0. The first-order chi connectivity index (χ1) is 6.98. The predicted octanol–water partition coefficient (Wildman–Crippen LogP) is 2.39. The van der Waals surface area contributed by atoms with Gasteiger partial charge in [-0.25, -0.2) is 4.79 Å². The van der Waals surface area contributed by atoms with E-state index in [4.69, 9.17) is 14.7 Å². The van der Waals surface area contributed by atoms with E-state index in [0.29, 0.717) is 6.42 Å². The number of hydrogen-bond acceptors (Lipinski definition) is 4. The van der Waals surface area contributed by atoms with Crippen molar-refractivity contribution in [2.45, 2.75) is 58.3 Å². The molecule has 0 aromatic heterocycles. The molecule has 90 valence electrons. The normalized spacial score (nSPS) is 11.7. The van der Waals surface area contributed by atoms with Crippen LogP contribution in [0.5, 0.6) is 0 Å². The highest BCUT2D eigenvalue weighted by atomic mass is 31.2. The minimum atomic E-state index is -4.21. The van der Waals surface area contributed by atoms with Crippen LogP contribution in [0.3, 0.4) is 0 Å². The molecule has 0 saturated heterocycles. The average molecular weight is 237 g/mol. The molecule has 0 radical (unpaired) electrons. The lowest BCUT2D eigenvalue weighted by Gasteiger charge is -2.02. The SMILES string of the molecule is CCCCCCCCCC(=O)[P+](O)(O)O. The second-order valence-electron chi connectivity index (χ2n) is 3.83. The Balaban J connectivity index is 3.28. The second kappa shape index (κ2) is 8.17. The van der Waals surface area contributed by atoms with Gasteiger partial charge in [0.15, 0.2) is 0 Å². The van der Waals surface area contributed by atoms with Crippen molar-refractivity contribution in [2.24, 2.45) is 0 Å². The van der Waals surface area contributed by atoms with Crippen LogP contribution in [0.1, 0.15) is 58.3 Å². The van der Waals surface area contributed by atoms with E-state index in [0.717, 1.165) is 12.8 Å². The number of hydrogen-bond donors (Lipinski definition) is 3. The van der Waals surface area contributed by atoms with Crippen LogP contribution in [0, 0.1) is 0 Å². The lowest BCUT2D eigenvalue weighted by Crippen LogP contribution is -2.04. The molecule has 0 fully saturated rings. The molecule has 5 heteroatoms. The first kappa shape index (κ1) is 15.0. The van der Waals surface area contributed by atoms with Crippen LogP contribution >= 0.6 is 7.94 Å². The van der Waals surface area contributed by atoms with Crippen molar-refractivity contribution in [1.82, 2.24) is 0 Å². The fourth-order valence-electron chi connectivity index (χ4n) is 1.38. The summed E-state index contributed by atoms with van der Waals surface area (Å²) in [5, 5.41) is 0. The van der Waals surface area contributed by atoms with Crippen LogP contribution in [-0.4, -0.2) is 20.2 Å². The monoisotopic (exact) mass is 237 g/mol. The maximum atomic E-state index is 10.9. The van der Waals surface area contributed by atoms with Crippen molar-refractivity contribution >= 4 is 13.5 Å². The van der Waals surface area contributed by atoms with Crippen LogP contribution in [0.4, 0.5) is 0 Å². The first-order valence-corrected chi connectivity index (χ1v) is 7.24. The van der Waals surface area contributed by atoms with E-state index in [2.05, 4.69) is 6.92 Å². The highest BCUT2D eigenvalue weighted by molar-refractivity contribution is 7.76. The van der Waals surface area contributed by atoms with Crippen molar-refractivity contribution < 1.29 is 19.5 Å². The summed E-state index contributed by atoms with van der Waals surface area (Å²) in [4.78, 5) is 36.8. The summed E-state index contributed by atoms with van der Waals surface area (Å²) in [5.74, 6) is 0. The zero-order chi connectivity index (χ0) is 11.7. The molecule has 15 heavy (non-hydrogen) atoms. The minimum absolute atomic E-state index is 0.0745. The standard InChI is InChI=1S/C10H22O4P/c1-2-3-4-5-6-7-8-9-10(11)15(12,13)14/h12-14H,2-9H2,1H3/q+1. The quantitative estimate of drug-likeness (QED) is 0.425. The minimum Gasteiger partial charge on any atom is -0.244 e. The van der Waals surface area contributed by atoms with Crippen molar-refractivity contribution in [3.63, 3.8) is 0 Å². The van der Waals surface area contributed by atoms with Crippen LogP contribution in [-0.2, 0) is 4.79 Å². The molecule has 0 rings (SSSR count). The Bertz CT molecular complexity index is 177. The predicted molar refractivity (Wildman–Crippen MR) is 61.2 cm³/mol. The van der Waals surface area contributed by atoms with Crippen LogP contribution < -0.4 is 0 Å². The summed E-state index contributed by atoms with van der Waals surface area (Å²) >= 11 is 0. The zero-order valence-electron chi connectivity index (χ0n) is 9.35. The lowest BCUT2D eigenvalue weighted by atomic mass is 10.1. The van der Waals surface area contributed by atoms with Crippen molar-refractivity contribution in [3.8, 4) is 0 Å². The summed E-state index contributed by atoms with van der Waals surface area (Å²) in [6.07, 6.45) is 7.54. The number of rotatable bonds is 9. The summed E-state index contributed by atoms with van der Waals surface area (Å²) in [6.45, 7) is 2.16. The third-order valence-electron chi connectivity index (χ3n) is 2.33. The molecule has 0 aromatic rings. The number of carbonyl (C=O) groups excluding carboxylic acids is 1. The maximum absolute atomic E-state index is 10.9. The third-order valence-corrected chi connectivity index (χ3v) is 3.22. The van der Waals surface area contributed by atoms with Crippen LogP contribution in [0.15, 0.2) is 0 Å². The van der Waals surface area contributed by atoms with E-state index in [1.165, 1.54) is 25.7 Å². The highest BCUT2D eigenvalue weighted by Crippen LogP contribution is 2.46. The van der Waals surface area contributed by atoms with Gasteiger partial charge in [0.1, 0.15) is 0 Å². The van der Waals surface area contributed by atoms with E-state index in [1.54, 1.807) is 0 Å². The number of unbranched alkanes of at least 4 members (excludes halogenated alkanes) is 6. The van der Waals surface area contributed by atoms with Gasteiger partial charge < -0.3 is 0 Å². The van der Waals surface area contributed by atoms with Gasteiger partial charge in [0.05, 0.1) is 6.42 Å². The molecule has 0 aliphatic heterocycles. The molecule has 0 spiro atoms. The molecule has 0 aromatic carbocycles. The largest absolute Gasteiger partial charge is 0.478 e. The Kier molecular flexibility index (Phi) is 8.16. The molecule has 0 unspecified atom stereocenters. The van der Waals surface area contributed by atoms with Gasteiger partial charge >= 0.3 is 13.5 Å². The van der Waals surface area contributed by atoms with E-state index in [-0.39, 0.29) is 6.42 Å².